The first kappa shape index (κ1) is 20.2. The summed E-state index contributed by atoms with van der Waals surface area (Å²) in [7, 11) is 0. The third-order valence-electron chi connectivity index (χ3n) is 3.94. The van der Waals surface area contributed by atoms with Crippen molar-refractivity contribution in [3.63, 3.8) is 0 Å². The average molecular weight is 431 g/mol. The van der Waals surface area contributed by atoms with Crippen molar-refractivity contribution in [2.45, 2.75) is 58.5 Å². The van der Waals surface area contributed by atoms with Gasteiger partial charge in [0.2, 0.25) is 0 Å². The Bertz CT molecular complexity index is 503. The van der Waals surface area contributed by atoms with Gasteiger partial charge >= 0.3 is 0 Å². The van der Waals surface area contributed by atoms with E-state index in [0.29, 0.717) is 12.1 Å². The fourth-order valence-electron chi connectivity index (χ4n) is 2.81. The van der Waals surface area contributed by atoms with Crippen molar-refractivity contribution >= 4 is 35.6 Å². The Kier molecular flexibility index (Phi) is 9.55. The van der Waals surface area contributed by atoms with E-state index in [1.807, 2.05) is 0 Å². The van der Waals surface area contributed by atoms with Crippen LogP contribution in [0.3, 0.4) is 0 Å². The number of halogens is 1. The highest BCUT2D eigenvalue weighted by Crippen LogP contribution is 2.27. The molecule has 4 nitrogen and oxygen atoms in total. The number of unbranched alkanes of at least 4 members (excludes halogenated alkanes) is 1. The van der Waals surface area contributed by atoms with E-state index in [-0.39, 0.29) is 24.0 Å². The number of nitrogens with two attached hydrogens (primary N) is 1. The number of ether oxygens (including phenoxy) is 1. The SMILES string of the molecule is CC(C)OCCCCN=C(N)Nc1cccc2c1CCCC2.I. The monoisotopic (exact) mass is 431 g/mol. The smallest absolute Gasteiger partial charge is 0.193 e. The second kappa shape index (κ2) is 10.9. The maximum atomic E-state index is 6.01. The third kappa shape index (κ3) is 7.08. The van der Waals surface area contributed by atoms with E-state index in [4.69, 9.17) is 10.5 Å². The van der Waals surface area contributed by atoms with Gasteiger partial charge in [0.05, 0.1) is 6.10 Å². The van der Waals surface area contributed by atoms with Crippen LogP contribution in [0.1, 0.15) is 50.7 Å². The summed E-state index contributed by atoms with van der Waals surface area (Å²) in [5.41, 5.74) is 10.0. The first-order chi connectivity index (χ1) is 10.7. The van der Waals surface area contributed by atoms with E-state index in [9.17, 15) is 0 Å². The average Bonchev–Trinajstić information content (AvgIpc) is 2.51. The Labute approximate surface area is 157 Å². The summed E-state index contributed by atoms with van der Waals surface area (Å²) < 4.78 is 5.51. The molecule has 0 saturated carbocycles. The van der Waals surface area contributed by atoms with E-state index < -0.39 is 0 Å². The van der Waals surface area contributed by atoms with Gasteiger partial charge in [-0.15, -0.1) is 24.0 Å². The molecule has 0 aromatic heterocycles. The second-order valence-electron chi connectivity index (χ2n) is 6.17. The van der Waals surface area contributed by atoms with Crippen LogP contribution < -0.4 is 11.1 Å². The zero-order chi connectivity index (χ0) is 15.8. The second-order valence-corrected chi connectivity index (χ2v) is 6.17. The predicted molar refractivity (Wildman–Crippen MR) is 109 cm³/mol. The van der Waals surface area contributed by atoms with Crippen LogP contribution in [-0.2, 0) is 17.6 Å². The summed E-state index contributed by atoms with van der Waals surface area (Å²) in [5, 5.41) is 3.28. The zero-order valence-electron chi connectivity index (χ0n) is 14.3. The van der Waals surface area contributed by atoms with Crippen LogP contribution in [0.2, 0.25) is 0 Å². The number of anilines is 1. The topological polar surface area (TPSA) is 59.6 Å². The molecule has 0 fully saturated rings. The van der Waals surface area contributed by atoms with Crippen molar-refractivity contribution in [3.05, 3.63) is 29.3 Å². The third-order valence-corrected chi connectivity index (χ3v) is 3.94. The van der Waals surface area contributed by atoms with Gasteiger partial charge in [0, 0.05) is 18.8 Å². The van der Waals surface area contributed by atoms with Crippen molar-refractivity contribution < 1.29 is 4.74 Å². The molecule has 2 rings (SSSR count). The molecule has 5 heteroatoms. The van der Waals surface area contributed by atoms with Gasteiger partial charge in [-0.3, -0.25) is 4.99 Å². The largest absolute Gasteiger partial charge is 0.379 e. The van der Waals surface area contributed by atoms with Gasteiger partial charge in [0.15, 0.2) is 5.96 Å². The molecule has 23 heavy (non-hydrogen) atoms. The molecule has 0 spiro atoms. The van der Waals surface area contributed by atoms with Crippen LogP contribution in [0.15, 0.2) is 23.2 Å². The lowest BCUT2D eigenvalue weighted by Crippen LogP contribution is -2.24. The molecule has 3 N–H and O–H groups in total. The molecule has 0 radical (unpaired) electrons. The number of hydrogen-bond acceptors (Lipinski definition) is 2. The van der Waals surface area contributed by atoms with Crippen molar-refractivity contribution in [1.29, 1.82) is 0 Å². The van der Waals surface area contributed by atoms with E-state index in [1.165, 1.54) is 30.4 Å². The fourth-order valence-corrected chi connectivity index (χ4v) is 2.81. The number of hydrogen-bond donors (Lipinski definition) is 2. The van der Waals surface area contributed by atoms with Gasteiger partial charge in [-0.25, -0.2) is 0 Å². The van der Waals surface area contributed by atoms with Gasteiger partial charge in [-0.2, -0.15) is 0 Å². The molecule has 1 aliphatic rings. The maximum Gasteiger partial charge on any atom is 0.193 e. The molecular weight excluding hydrogens is 401 g/mol. The molecule has 0 unspecified atom stereocenters. The van der Waals surface area contributed by atoms with Crippen LogP contribution in [-0.4, -0.2) is 25.2 Å². The van der Waals surface area contributed by atoms with Crippen LogP contribution in [0.5, 0.6) is 0 Å². The Morgan fingerprint density at radius 2 is 2.04 bits per heavy atom. The normalized spacial score (nSPS) is 14.3. The predicted octanol–water partition coefficient (Wildman–Crippen LogP) is 4.12. The Hall–Kier alpha value is -0.820. The van der Waals surface area contributed by atoms with Crippen molar-refractivity contribution in [1.82, 2.24) is 0 Å². The highest BCUT2D eigenvalue weighted by Gasteiger charge is 2.12. The fraction of sp³-hybridized carbons (Fsp3) is 0.611. The number of nitrogens with one attached hydrogen (secondary N) is 1. The number of nitrogens with zero attached hydrogens (tertiary/aromatic N) is 1. The number of guanidine groups is 1. The quantitative estimate of drug-likeness (QED) is 0.296. The molecule has 1 aromatic carbocycles. The minimum atomic E-state index is 0. The summed E-state index contributed by atoms with van der Waals surface area (Å²) in [6.07, 6.45) is 7.20. The van der Waals surface area contributed by atoms with Crippen molar-refractivity contribution in [2.75, 3.05) is 18.5 Å². The lowest BCUT2D eigenvalue weighted by Gasteiger charge is -2.19. The highest BCUT2D eigenvalue weighted by atomic mass is 127. The molecule has 0 amide bonds. The molecular formula is C18H30IN3O. The molecule has 130 valence electrons. The first-order valence-electron chi connectivity index (χ1n) is 8.46. The van der Waals surface area contributed by atoms with Crippen LogP contribution in [0.25, 0.3) is 0 Å². The van der Waals surface area contributed by atoms with Gasteiger partial charge in [0.1, 0.15) is 0 Å². The zero-order valence-corrected chi connectivity index (χ0v) is 16.6. The van der Waals surface area contributed by atoms with Gasteiger partial charge in [-0.05, 0) is 69.6 Å². The van der Waals surface area contributed by atoms with Gasteiger partial charge in [0.25, 0.3) is 0 Å². The number of aliphatic imine (C=N–C) groups is 1. The highest BCUT2D eigenvalue weighted by molar-refractivity contribution is 14.0. The van der Waals surface area contributed by atoms with E-state index in [1.54, 1.807) is 0 Å². The summed E-state index contributed by atoms with van der Waals surface area (Å²) in [6, 6.07) is 6.42. The lowest BCUT2D eigenvalue weighted by molar-refractivity contribution is 0.0764. The molecule has 0 bridgehead atoms. The van der Waals surface area contributed by atoms with Crippen molar-refractivity contribution in [2.24, 2.45) is 10.7 Å². The molecule has 1 aromatic rings. The maximum absolute atomic E-state index is 6.01. The minimum absolute atomic E-state index is 0. The van der Waals surface area contributed by atoms with Crippen LogP contribution in [0, 0.1) is 0 Å². The molecule has 0 aliphatic heterocycles. The van der Waals surface area contributed by atoms with E-state index in [0.717, 1.165) is 38.1 Å². The summed E-state index contributed by atoms with van der Waals surface area (Å²) in [4.78, 5) is 4.41. The van der Waals surface area contributed by atoms with Crippen molar-refractivity contribution in [3.8, 4) is 0 Å². The molecule has 0 atom stereocenters. The Balaban J connectivity index is 0.00000264. The van der Waals surface area contributed by atoms with E-state index >= 15 is 0 Å². The van der Waals surface area contributed by atoms with Gasteiger partial charge in [-0.1, -0.05) is 12.1 Å². The number of fused-ring (bicyclic) bond motifs is 1. The number of benzene rings is 1. The Morgan fingerprint density at radius 3 is 2.83 bits per heavy atom. The molecule has 1 aliphatic carbocycles. The summed E-state index contributed by atoms with van der Waals surface area (Å²) in [5.74, 6) is 0.517. The molecule has 0 saturated heterocycles. The van der Waals surface area contributed by atoms with Crippen LogP contribution in [0.4, 0.5) is 5.69 Å². The number of rotatable bonds is 7. The van der Waals surface area contributed by atoms with Gasteiger partial charge < -0.3 is 15.8 Å². The van der Waals surface area contributed by atoms with E-state index in [2.05, 4.69) is 42.4 Å². The Morgan fingerprint density at radius 1 is 1.26 bits per heavy atom. The molecule has 0 heterocycles. The van der Waals surface area contributed by atoms with Crippen LogP contribution >= 0.6 is 24.0 Å². The minimum Gasteiger partial charge on any atom is -0.379 e. The summed E-state index contributed by atoms with van der Waals surface area (Å²) >= 11 is 0. The standard InChI is InChI=1S/C18H29N3O.HI/c1-14(2)22-13-6-5-12-20-18(19)21-17-11-7-9-15-8-3-4-10-16(15)17;/h7,9,11,14H,3-6,8,10,12-13H2,1-2H3,(H3,19,20,21);1H. The lowest BCUT2D eigenvalue weighted by atomic mass is 9.90. The number of aryl methyl sites for hydroxylation is 1. The summed E-state index contributed by atoms with van der Waals surface area (Å²) in [6.45, 7) is 5.66. The first-order valence-corrected chi connectivity index (χ1v) is 8.46.